The number of hydrogen-bond donors (Lipinski definition) is 1. The first-order chi connectivity index (χ1) is 6.11. The molecule has 0 heterocycles. The van der Waals surface area contributed by atoms with Gasteiger partial charge >= 0.3 is 0 Å². The van der Waals surface area contributed by atoms with Crippen LogP contribution in [0.4, 0.5) is 4.39 Å². The molecule has 13 heavy (non-hydrogen) atoms. The van der Waals surface area contributed by atoms with E-state index in [1.807, 2.05) is 0 Å². The summed E-state index contributed by atoms with van der Waals surface area (Å²) in [5.74, 6) is 0.131. The Morgan fingerprint density at radius 3 is 2.69 bits per heavy atom. The smallest absolute Gasteiger partial charge is 0.154 e. The van der Waals surface area contributed by atoms with Gasteiger partial charge in [0.25, 0.3) is 0 Å². The van der Waals surface area contributed by atoms with Gasteiger partial charge in [0, 0.05) is 0 Å². The Hall–Kier alpha value is -0.570. The van der Waals surface area contributed by atoms with Crippen LogP contribution in [0.1, 0.15) is 32.6 Å². The maximum absolute atomic E-state index is 12.7. The molecular formula is C10H17FO2. The predicted octanol–water partition coefficient (Wildman–Crippen LogP) is 2.18. The van der Waals surface area contributed by atoms with Crippen molar-refractivity contribution >= 4 is 0 Å². The highest BCUT2D eigenvalue weighted by Gasteiger charge is 2.25. The maximum Gasteiger partial charge on any atom is 0.154 e. The van der Waals surface area contributed by atoms with Gasteiger partial charge in [0.1, 0.15) is 11.9 Å². The number of allylic oxidation sites excluding steroid dienone is 1. The van der Waals surface area contributed by atoms with Crippen LogP contribution in [-0.4, -0.2) is 23.5 Å². The zero-order valence-electron chi connectivity index (χ0n) is 8.00. The highest BCUT2D eigenvalue weighted by Crippen LogP contribution is 2.23. The molecule has 1 rings (SSSR count). The first-order valence-corrected chi connectivity index (χ1v) is 4.79. The summed E-state index contributed by atoms with van der Waals surface area (Å²) in [4.78, 5) is 0. The number of ether oxygens (including phenoxy) is 1. The molecule has 3 heteroatoms. The van der Waals surface area contributed by atoms with Gasteiger partial charge in [-0.05, 0) is 26.2 Å². The summed E-state index contributed by atoms with van der Waals surface area (Å²) >= 11 is 0. The van der Waals surface area contributed by atoms with E-state index in [4.69, 9.17) is 4.74 Å². The van der Waals surface area contributed by atoms with Crippen LogP contribution in [0.25, 0.3) is 0 Å². The summed E-state index contributed by atoms with van der Waals surface area (Å²) in [5.41, 5.74) is 0. The average Bonchev–Trinajstić information content (AvgIpc) is 2.08. The highest BCUT2D eigenvalue weighted by atomic mass is 19.1. The Labute approximate surface area is 78.4 Å². The number of aliphatic hydroxyl groups excluding tert-OH is 1. The van der Waals surface area contributed by atoms with Gasteiger partial charge in [-0.3, -0.25) is 0 Å². The molecule has 3 atom stereocenters. The topological polar surface area (TPSA) is 29.5 Å². The van der Waals surface area contributed by atoms with Crippen LogP contribution in [-0.2, 0) is 4.74 Å². The molecule has 0 spiro atoms. The summed E-state index contributed by atoms with van der Waals surface area (Å²) in [6.07, 6.45) is 1.75. The van der Waals surface area contributed by atoms with E-state index in [2.05, 4.69) is 6.58 Å². The van der Waals surface area contributed by atoms with Crippen molar-refractivity contribution in [3.05, 3.63) is 12.3 Å². The fourth-order valence-electron chi connectivity index (χ4n) is 1.50. The van der Waals surface area contributed by atoms with E-state index in [9.17, 15) is 9.50 Å². The van der Waals surface area contributed by atoms with Crippen molar-refractivity contribution in [2.24, 2.45) is 0 Å². The van der Waals surface area contributed by atoms with Gasteiger partial charge in [-0.2, -0.15) is 0 Å². The number of alkyl halides is 1. The van der Waals surface area contributed by atoms with Gasteiger partial charge in [-0.1, -0.05) is 13.0 Å². The van der Waals surface area contributed by atoms with Crippen LogP contribution < -0.4 is 0 Å². The third-order valence-corrected chi connectivity index (χ3v) is 2.41. The number of aliphatic hydroxyl groups is 1. The molecule has 1 aliphatic carbocycles. The lowest BCUT2D eigenvalue weighted by Gasteiger charge is -2.29. The average molecular weight is 188 g/mol. The number of hydrogen-bond acceptors (Lipinski definition) is 2. The first kappa shape index (κ1) is 10.5. The minimum absolute atomic E-state index is 0.131. The molecule has 0 radical (unpaired) electrons. The number of halogens is 1. The van der Waals surface area contributed by atoms with Crippen LogP contribution in [0, 0.1) is 0 Å². The molecule has 76 valence electrons. The Balaban J connectivity index is 2.38. The van der Waals surface area contributed by atoms with Crippen LogP contribution in [0.2, 0.25) is 0 Å². The summed E-state index contributed by atoms with van der Waals surface area (Å²) in [6, 6.07) is 0. The molecule has 0 bridgehead atoms. The van der Waals surface area contributed by atoms with Crippen molar-refractivity contribution in [3.8, 4) is 0 Å². The van der Waals surface area contributed by atoms with E-state index >= 15 is 0 Å². The Morgan fingerprint density at radius 2 is 2.15 bits per heavy atom. The van der Waals surface area contributed by atoms with Crippen molar-refractivity contribution in [1.29, 1.82) is 0 Å². The summed E-state index contributed by atoms with van der Waals surface area (Å²) < 4.78 is 17.9. The fourth-order valence-corrected chi connectivity index (χ4v) is 1.50. The third kappa shape index (κ3) is 2.99. The second-order valence-corrected chi connectivity index (χ2v) is 3.59. The molecule has 0 aromatic carbocycles. The van der Waals surface area contributed by atoms with Crippen LogP contribution in [0.3, 0.4) is 0 Å². The lowest BCUT2D eigenvalue weighted by Crippen LogP contribution is -2.32. The highest BCUT2D eigenvalue weighted by molar-refractivity contribution is 4.92. The molecule has 1 saturated carbocycles. The molecular weight excluding hydrogens is 171 g/mol. The Kier molecular flexibility index (Phi) is 3.72. The van der Waals surface area contributed by atoms with Gasteiger partial charge in [-0.25, -0.2) is 4.39 Å². The van der Waals surface area contributed by atoms with Crippen LogP contribution in [0.15, 0.2) is 12.3 Å². The van der Waals surface area contributed by atoms with E-state index in [1.54, 1.807) is 0 Å². The SMILES string of the molecule is C=C(OC1CCCCC1O)C(C)F. The van der Waals surface area contributed by atoms with E-state index < -0.39 is 12.3 Å². The van der Waals surface area contributed by atoms with E-state index in [1.165, 1.54) is 6.92 Å². The normalized spacial score (nSPS) is 31.0. The molecule has 1 aliphatic rings. The van der Waals surface area contributed by atoms with Gasteiger partial charge in [0.15, 0.2) is 6.17 Å². The molecule has 0 aromatic heterocycles. The zero-order chi connectivity index (χ0) is 9.84. The molecule has 0 saturated heterocycles. The number of rotatable bonds is 3. The molecule has 1 fully saturated rings. The van der Waals surface area contributed by atoms with Gasteiger partial charge in [0.05, 0.1) is 6.10 Å². The van der Waals surface area contributed by atoms with E-state index in [0.717, 1.165) is 25.7 Å². The standard InChI is InChI=1S/C10H17FO2/c1-7(11)8(2)13-10-6-4-3-5-9(10)12/h7,9-10,12H,2-6H2,1H3. The van der Waals surface area contributed by atoms with Crippen molar-refractivity contribution in [2.75, 3.05) is 0 Å². The van der Waals surface area contributed by atoms with Crippen molar-refractivity contribution in [3.63, 3.8) is 0 Å². The predicted molar refractivity (Wildman–Crippen MR) is 49.1 cm³/mol. The molecule has 1 N–H and O–H groups in total. The summed E-state index contributed by atoms with van der Waals surface area (Å²) in [5, 5.41) is 9.51. The van der Waals surface area contributed by atoms with Crippen molar-refractivity contribution in [1.82, 2.24) is 0 Å². The van der Waals surface area contributed by atoms with Crippen LogP contribution in [0.5, 0.6) is 0 Å². The second kappa shape index (κ2) is 4.61. The molecule has 2 nitrogen and oxygen atoms in total. The monoisotopic (exact) mass is 188 g/mol. The molecule has 0 amide bonds. The summed E-state index contributed by atoms with van der Waals surface area (Å²) in [7, 11) is 0. The molecule has 0 aromatic rings. The zero-order valence-corrected chi connectivity index (χ0v) is 8.00. The molecule has 0 aliphatic heterocycles. The minimum atomic E-state index is -1.16. The second-order valence-electron chi connectivity index (χ2n) is 3.59. The van der Waals surface area contributed by atoms with Gasteiger partial charge < -0.3 is 9.84 Å². The van der Waals surface area contributed by atoms with E-state index in [0.29, 0.717) is 0 Å². The lowest BCUT2D eigenvalue weighted by molar-refractivity contribution is -0.0376. The minimum Gasteiger partial charge on any atom is -0.490 e. The van der Waals surface area contributed by atoms with E-state index in [-0.39, 0.29) is 11.9 Å². The quantitative estimate of drug-likeness (QED) is 0.688. The van der Waals surface area contributed by atoms with Crippen molar-refractivity contribution < 1.29 is 14.2 Å². The van der Waals surface area contributed by atoms with Gasteiger partial charge in [0.2, 0.25) is 0 Å². The fraction of sp³-hybridized carbons (Fsp3) is 0.800. The Bertz CT molecular complexity index is 180. The lowest BCUT2D eigenvalue weighted by atomic mass is 9.95. The first-order valence-electron chi connectivity index (χ1n) is 4.79. The van der Waals surface area contributed by atoms with Crippen LogP contribution >= 0.6 is 0 Å². The molecule has 3 unspecified atom stereocenters. The third-order valence-electron chi connectivity index (χ3n) is 2.41. The van der Waals surface area contributed by atoms with Crippen molar-refractivity contribution in [2.45, 2.75) is 51.0 Å². The Morgan fingerprint density at radius 1 is 1.54 bits per heavy atom. The largest absolute Gasteiger partial charge is 0.490 e. The van der Waals surface area contributed by atoms with Gasteiger partial charge in [-0.15, -0.1) is 0 Å². The summed E-state index contributed by atoms with van der Waals surface area (Å²) in [6.45, 7) is 4.86. The maximum atomic E-state index is 12.7.